The van der Waals surface area contributed by atoms with Gasteiger partial charge in [-0.25, -0.2) is 18.4 Å². The summed E-state index contributed by atoms with van der Waals surface area (Å²) in [5.41, 5.74) is 0.176. The summed E-state index contributed by atoms with van der Waals surface area (Å²) in [7, 11) is -4.24. The molecule has 0 aliphatic heterocycles. The molecule has 12 heteroatoms. The molecule has 0 saturated carbocycles. The van der Waals surface area contributed by atoms with Gasteiger partial charge in [0.1, 0.15) is 5.69 Å². The predicted molar refractivity (Wildman–Crippen MR) is 106 cm³/mol. The van der Waals surface area contributed by atoms with Gasteiger partial charge in [0.15, 0.2) is 10.7 Å². The van der Waals surface area contributed by atoms with Gasteiger partial charge in [-0.3, -0.25) is 9.89 Å². The molecule has 3 aromatic heterocycles. The lowest BCUT2D eigenvalue weighted by atomic mass is 10.2. The van der Waals surface area contributed by atoms with Crippen molar-refractivity contribution in [1.82, 2.24) is 25.5 Å². The average molecular weight is 461 g/mol. The van der Waals surface area contributed by atoms with Crippen LogP contribution in [0.1, 0.15) is 21.6 Å². The molecule has 0 fully saturated rings. The molecule has 1 amide bonds. The van der Waals surface area contributed by atoms with E-state index < -0.39 is 26.7 Å². The fraction of sp³-hybridized carbons (Fsp3) is 0.100. The Kier molecular flexibility index (Phi) is 5.38. The number of rotatable bonds is 5. The minimum Gasteiger partial charge on any atom is -0.348 e. The molecule has 2 N–H and O–H groups in total. The number of H-pyrrole nitrogens is 1. The van der Waals surface area contributed by atoms with Crippen LogP contribution in [0, 0.1) is 0 Å². The Morgan fingerprint density at radius 3 is 2.53 bits per heavy atom. The SMILES string of the molecule is O=C(NCc1ccc(S(=O)(=O)c2cccc(C(F)(F)F)n2)cc1)c1cnc2[nH]ncc2c1. The van der Waals surface area contributed by atoms with E-state index in [0.29, 0.717) is 28.2 Å². The highest BCUT2D eigenvalue weighted by molar-refractivity contribution is 7.91. The van der Waals surface area contributed by atoms with Crippen molar-refractivity contribution in [3.8, 4) is 0 Å². The van der Waals surface area contributed by atoms with Crippen molar-refractivity contribution in [3.63, 3.8) is 0 Å². The number of nitrogens with one attached hydrogen (secondary N) is 2. The van der Waals surface area contributed by atoms with E-state index in [1.807, 2.05) is 0 Å². The quantitative estimate of drug-likeness (QED) is 0.472. The molecule has 0 atom stereocenters. The Labute approximate surface area is 179 Å². The van der Waals surface area contributed by atoms with Crippen molar-refractivity contribution in [2.75, 3.05) is 0 Å². The number of halogens is 3. The van der Waals surface area contributed by atoms with Crippen LogP contribution in [0.15, 0.2) is 70.8 Å². The molecule has 0 radical (unpaired) electrons. The first-order valence-electron chi connectivity index (χ1n) is 9.10. The molecule has 8 nitrogen and oxygen atoms in total. The maximum atomic E-state index is 12.8. The fourth-order valence-electron chi connectivity index (χ4n) is 2.87. The second-order valence-corrected chi connectivity index (χ2v) is 8.62. The summed E-state index contributed by atoms with van der Waals surface area (Å²) in [4.78, 5) is 19.4. The zero-order valence-electron chi connectivity index (χ0n) is 16.1. The van der Waals surface area contributed by atoms with Crippen LogP contribution in [0.2, 0.25) is 0 Å². The second kappa shape index (κ2) is 8.04. The van der Waals surface area contributed by atoms with E-state index in [1.165, 1.54) is 36.7 Å². The Bertz CT molecular complexity index is 1400. The lowest BCUT2D eigenvalue weighted by Crippen LogP contribution is -2.22. The molecule has 0 bridgehead atoms. The van der Waals surface area contributed by atoms with Crippen LogP contribution < -0.4 is 5.32 Å². The molecule has 0 saturated heterocycles. The highest BCUT2D eigenvalue weighted by atomic mass is 32.2. The van der Waals surface area contributed by atoms with Crippen molar-refractivity contribution in [3.05, 3.63) is 77.7 Å². The monoisotopic (exact) mass is 461 g/mol. The van der Waals surface area contributed by atoms with Crippen LogP contribution in [-0.4, -0.2) is 34.5 Å². The highest BCUT2D eigenvalue weighted by Crippen LogP contribution is 2.29. The van der Waals surface area contributed by atoms with Gasteiger partial charge >= 0.3 is 6.18 Å². The molecule has 0 spiro atoms. The topological polar surface area (TPSA) is 118 Å². The van der Waals surface area contributed by atoms with Gasteiger partial charge in [0.25, 0.3) is 5.91 Å². The van der Waals surface area contributed by atoms with Crippen LogP contribution in [0.5, 0.6) is 0 Å². The summed E-state index contributed by atoms with van der Waals surface area (Å²) in [5, 5.41) is 9.18. The van der Waals surface area contributed by atoms with Crippen LogP contribution in [-0.2, 0) is 22.6 Å². The van der Waals surface area contributed by atoms with Gasteiger partial charge in [0, 0.05) is 18.1 Å². The summed E-state index contributed by atoms with van der Waals surface area (Å²) < 4.78 is 63.8. The van der Waals surface area contributed by atoms with Crippen LogP contribution in [0.3, 0.4) is 0 Å². The summed E-state index contributed by atoms with van der Waals surface area (Å²) in [6.07, 6.45) is -1.82. The molecular formula is C20H14F3N5O3S. The van der Waals surface area contributed by atoms with Crippen molar-refractivity contribution in [2.24, 2.45) is 0 Å². The molecule has 1 aromatic carbocycles. The van der Waals surface area contributed by atoms with Gasteiger partial charge in [-0.2, -0.15) is 18.3 Å². The number of amides is 1. The molecule has 0 aliphatic rings. The number of aromatic nitrogens is 4. The number of sulfone groups is 1. The van der Waals surface area contributed by atoms with Crippen molar-refractivity contribution < 1.29 is 26.4 Å². The van der Waals surface area contributed by atoms with Crippen molar-refractivity contribution in [1.29, 1.82) is 0 Å². The first-order chi connectivity index (χ1) is 15.1. The van der Waals surface area contributed by atoms with E-state index in [-0.39, 0.29) is 17.3 Å². The number of carbonyl (C=O) groups is 1. The number of carbonyl (C=O) groups excluding carboxylic acids is 1. The smallest absolute Gasteiger partial charge is 0.348 e. The summed E-state index contributed by atoms with van der Waals surface area (Å²) in [5.74, 6) is -0.384. The first kappa shape index (κ1) is 21.4. The minimum atomic E-state index is -4.76. The third-order valence-corrected chi connectivity index (χ3v) is 6.20. The number of nitrogens with zero attached hydrogens (tertiary/aromatic N) is 3. The van der Waals surface area contributed by atoms with Crippen molar-refractivity contribution >= 4 is 26.8 Å². The molecule has 4 aromatic rings. The van der Waals surface area contributed by atoms with Gasteiger partial charge in [0.05, 0.1) is 16.7 Å². The average Bonchev–Trinajstić information content (AvgIpc) is 3.25. The third-order valence-electron chi connectivity index (χ3n) is 4.53. The van der Waals surface area contributed by atoms with Gasteiger partial charge in [-0.15, -0.1) is 0 Å². The number of hydrogen-bond donors (Lipinski definition) is 2. The molecule has 3 heterocycles. The van der Waals surface area contributed by atoms with Gasteiger partial charge in [-0.05, 0) is 35.9 Å². The van der Waals surface area contributed by atoms with E-state index in [4.69, 9.17) is 0 Å². The van der Waals surface area contributed by atoms with Crippen LogP contribution >= 0.6 is 0 Å². The number of fused-ring (bicyclic) bond motifs is 1. The van der Waals surface area contributed by atoms with E-state index >= 15 is 0 Å². The maximum Gasteiger partial charge on any atom is 0.433 e. The number of alkyl halides is 3. The first-order valence-corrected chi connectivity index (χ1v) is 10.6. The van der Waals surface area contributed by atoms with E-state index in [9.17, 15) is 26.4 Å². The lowest BCUT2D eigenvalue weighted by molar-refractivity contribution is -0.141. The number of hydrogen-bond acceptors (Lipinski definition) is 6. The molecule has 0 unspecified atom stereocenters. The highest BCUT2D eigenvalue weighted by Gasteiger charge is 2.33. The van der Waals surface area contributed by atoms with E-state index in [0.717, 1.165) is 12.1 Å². The molecular weight excluding hydrogens is 447 g/mol. The maximum absolute atomic E-state index is 12.8. The van der Waals surface area contributed by atoms with Gasteiger partial charge in [-0.1, -0.05) is 18.2 Å². The molecule has 4 rings (SSSR count). The Balaban J connectivity index is 1.47. The Hall–Kier alpha value is -3.80. The van der Waals surface area contributed by atoms with Crippen molar-refractivity contribution in [2.45, 2.75) is 22.6 Å². The lowest BCUT2D eigenvalue weighted by Gasteiger charge is -2.09. The number of pyridine rings is 2. The largest absolute Gasteiger partial charge is 0.433 e. The summed E-state index contributed by atoms with van der Waals surface area (Å²) >= 11 is 0. The van der Waals surface area contributed by atoms with Gasteiger partial charge in [0.2, 0.25) is 9.84 Å². The summed E-state index contributed by atoms with van der Waals surface area (Å²) in [6, 6.07) is 9.72. The fourth-order valence-corrected chi connectivity index (χ4v) is 4.09. The molecule has 32 heavy (non-hydrogen) atoms. The minimum absolute atomic E-state index is 0.102. The third kappa shape index (κ3) is 4.30. The summed E-state index contributed by atoms with van der Waals surface area (Å²) in [6.45, 7) is 0.102. The normalized spacial score (nSPS) is 12.1. The molecule has 0 aliphatic carbocycles. The predicted octanol–water partition coefficient (Wildman–Crippen LogP) is 3.13. The van der Waals surface area contributed by atoms with E-state index in [2.05, 4.69) is 25.5 Å². The zero-order chi connectivity index (χ0) is 22.9. The van der Waals surface area contributed by atoms with Crippen LogP contribution in [0.25, 0.3) is 11.0 Å². The second-order valence-electron chi connectivity index (χ2n) is 6.72. The zero-order valence-corrected chi connectivity index (χ0v) is 16.9. The number of aromatic amines is 1. The Morgan fingerprint density at radius 1 is 1.06 bits per heavy atom. The van der Waals surface area contributed by atoms with E-state index in [1.54, 1.807) is 6.07 Å². The number of benzene rings is 1. The van der Waals surface area contributed by atoms with Crippen LogP contribution in [0.4, 0.5) is 13.2 Å². The van der Waals surface area contributed by atoms with Gasteiger partial charge < -0.3 is 5.32 Å². The molecule has 164 valence electrons. The Morgan fingerprint density at radius 2 is 1.81 bits per heavy atom. The standard InChI is InChI=1S/C20H14F3N5O3S/c21-20(22,23)16-2-1-3-17(27-16)32(30,31)15-6-4-12(5-7-15)9-25-19(29)14-8-13-11-26-28-18(13)24-10-14/h1-8,10-11H,9H2,(H,25,29)(H,24,26,28).